The molecule has 1 unspecified atom stereocenters. The van der Waals surface area contributed by atoms with Gasteiger partial charge in [0.25, 0.3) is 0 Å². The molecule has 6 nitrogen and oxygen atoms in total. The highest BCUT2D eigenvalue weighted by Gasteiger charge is 2.25. The Labute approximate surface area is 155 Å². The molecule has 2 heterocycles. The quantitative estimate of drug-likeness (QED) is 0.575. The molecule has 7 heteroatoms. The van der Waals surface area contributed by atoms with Crippen LogP contribution in [0, 0.1) is 5.92 Å². The zero-order valence-corrected chi connectivity index (χ0v) is 16.7. The SMILES string of the molecule is CCNC(=NCc1cnc(CC(C)C)s1)NC1CCN(C(=O)CC)C1. The van der Waals surface area contributed by atoms with E-state index in [-0.39, 0.29) is 11.9 Å². The Hall–Kier alpha value is -1.63. The molecule has 0 spiro atoms. The second-order valence-electron chi connectivity index (χ2n) is 6.84. The number of aliphatic imine (C=N–C) groups is 1. The minimum Gasteiger partial charge on any atom is -0.357 e. The number of thiazole rings is 1. The van der Waals surface area contributed by atoms with Crippen molar-refractivity contribution in [3.05, 3.63) is 16.1 Å². The lowest BCUT2D eigenvalue weighted by molar-refractivity contribution is -0.129. The second-order valence-corrected chi connectivity index (χ2v) is 8.04. The average molecular weight is 366 g/mol. The summed E-state index contributed by atoms with van der Waals surface area (Å²) >= 11 is 1.74. The molecule has 0 aliphatic carbocycles. The number of carbonyl (C=O) groups excluding carboxylic acids is 1. The molecule has 2 rings (SSSR count). The van der Waals surface area contributed by atoms with Crippen molar-refractivity contribution in [1.82, 2.24) is 20.5 Å². The van der Waals surface area contributed by atoms with Crippen LogP contribution in [0.1, 0.15) is 50.4 Å². The summed E-state index contributed by atoms with van der Waals surface area (Å²) in [6.45, 7) is 11.4. The summed E-state index contributed by atoms with van der Waals surface area (Å²) in [5.74, 6) is 1.67. The lowest BCUT2D eigenvalue weighted by Crippen LogP contribution is -2.45. The van der Waals surface area contributed by atoms with Gasteiger partial charge in [0.1, 0.15) is 0 Å². The summed E-state index contributed by atoms with van der Waals surface area (Å²) in [5.41, 5.74) is 0. The first-order valence-corrected chi connectivity index (χ1v) is 10.1. The Morgan fingerprint density at radius 3 is 2.96 bits per heavy atom. The molecule has 1 amide bonds. The van der Waals surface area contributed by atoms with Gasteiger partial charge in [0.15, 0.2) is 5.96 Å². The van der Waals surface area contributed by atoms with Crippen LogP contribution in [-0.2, 0) is 17.8 Å². The molecule has 1 aliphatic rings. The summed E-state index contributed by atoms with van der Waals surface area (Å²) in [6, 6.07) is 0.270. The van der Waals surface area contributed by atoms with E-state index in [9.17, 15) is 4.79 Å². The van der Waals surface area contributed by atoms with Crippen LogP contribution in [0.2, 0.25) is 0 Å². The van der Waals surface area contributed by atoms with Crippen molar-refractivity contribution in [3.8, 4) is 0 Å². The van der Waals surface area contributed by atoms with Crippen molar-refractivity contribution < 1.29 is 4.79 Å². The number of hydrogen-bond donors (Lipinski definition) is 2. The van der Waals surface area contributed by atoms with E-state index in [2.05, 4.69) is 36.4 Å². The predicted molar refractivity (Wildman–Crippen MR) is 104 cm³/mol. The lowest BCUT2D eigenvalue weighted by Gasteiger charge is -2.18. The first-order chi connectivity index (χ1) is 12.0. The number of amides is 1. The van der Waals surface area contributed by atoms with Crippen LogP contribution in [0.15, 0.2) is 11.2 Å². The zero-order valence-electron chi connectivity index (χ0n) is 15.8. The van der Waals surface area contributed by atoms with Gasteiger partial charge in [-0.1, -0.05) is 20.8 Å². The number of nitrogens with one attached hydrogen (secondary N) is 2. The Morgan fingerprint density at radius 2 is 2.28 bits per heavy atom. The van der Waals surface area contributed by atoms with Crippen LogP contribution in [0.25, 0.3) is 0 Å². The topological polar surface area (TPSA) is 69.6 Å². The standard InChI is InChI=1S/C18H31N5OS/c1-5-17(24)23-8-7-14(12-23)22-18(19-6-2)21-11-15-10-20-16(25-15)9-13(3)4/h10,13-14H,5-9,11-12H2,1-4H3,(H2,19,21,22). The molecule has 140 valence electrons. The fraction of sp³-hybridized carbons (Fsp3) is 0.722. The molecule has 25 heavy (non-hydrogen) atoms. The highest BCUT2D eigenvalue weighted by atomic mass is 32.1. The maximum absolute atomic E-state index is 11.8. The number of guanidine groups is 1. The first-order valence-electron chi connectivity index (χ1n) is 9.28. The molecule has 1 fully saturated rings. The van der Waals surface area contributed by atoms with E-state index in [0.717, 1.165) is 38.4 Å². The molecule has 0 radical (unpaired) electrons. The van der Waals surface area contributed by atoms with Crippen molar-refractivity contribution in [3.63, 3.8) is 0 Å². The smallest absolute Gasteiger partial charge is 0.222 e. The van der Waals surface area contributed by atoms with Crippen molar-refractivity contribution in [2.24, 2.45) is 10.9 Å². The van der Waals surface area contributed by atoms with E-state index < -0.39 is 0 Å². The van der Waals surface area contributed by atoms with Gasteiger partial charge in [0.05, 0.1) is 11.6 Å². The number of carbonyl (C=O) groups is 1. The molecular weight excluding hydrogens is 334 g/mol. The van der Waals surface area contributed by atoms with Gasteiger partial charge in [-0.05, 0) is 19.3 Å². The normalized spacial score (nSPS) is 18.0. The van der Waals surface area contributed by atoms with E-state index in [1.54, 1.807) is 11.3 Å². The summed E-state index contributed by atoms with van der Waals surface area (Å²) in [6.07, 6.45) is 4.50. The number of aromatic nitrogens is 1. The monoisotopic (exact) mass is 365 g/mol. The van der Waals surface area contributed by atoms with Crippen molar-refractivity contribution in [1.29, 1.82) is 0 Å². The largest absolute Gasteiger partial charge is 0.357 e. The van der Waals surface area contributed by atoms with Gasteiger partial charge >= 0.3 is 0 Å². The molecular formula is C18H31N5OS. The molecule has 1 saturated heterocycles. The highest BCUT2D eigenvalue weighted by Crippen LogP contribution is 2.17. The Bertz CT molecular complexity index is 584. The fourth-order valence-corrected chi connectivity index (χ4v) is 3.92. The molecule has 1 aromatic rings. The Kier molecular flexibility index (Phi) is 7.68. The average Bonchev–Trinajstić information content (AvgIpc) is 3.21. The van der Waals surface area contributed by atoms with Crippen LogP contribution >= 0.6 is 11.3 Å². The van der Waals surface area contributed by atoms with Gasteiger partial charge < -0.3 is 15.5 Å². The van der Waals surface area contributed by atoms with Crippen LogP contribution in [-0.4, -0.2) is 47.4 Å². The van der Waals surface area contributed by atoms with Crippen LogP contribution < -0.4 is 10.6 Å². The molecule has 1 atom stereocenters. The second kappa shape index (κ2) is 9.75. The predicted octanol–water partition coefficient (Wildman–Crippen LogP) is 2.41. The van der Waals surface area contributed by atoms with E-state index in [0.29, 0.717) is 18.9 Å². The molecule has 2 N–H and O–H groups in total. The molecule has 0 bridgehead atoms. The highest BCUT2D eigenvalue weighted by molar-refractivity contribution is 7.11. The molecule has 1 aliphatic heterocycles. The van der Waals surface area contributed by atoms with Crippen LogP contribution in [0.5, 0.6) is 0 Å². The van der Waals surface area contributed by atoms with Gasteiger partial charge in [-0.25, -0.2) is 9.98 Å². The Balaban J connectivity index is 1.90. The Morgan fingerprint density at radius 1 is 1.48 bits per heavy atom. The molecule has 1 aromatic heterocycles. The van der Waals surface area contributed by atoms with Crippen LogP contribution in [0.3, 0.4) is 0 Å². The van der Waals surface area contributed by atoms with Crippen molar-refractivity contribution >= 4 is 23.2 Å². The third-order valence-electron chi connectivity index (χ3n) is 4.11. The van der Waals surface area contributed by atoms with E-state index in [1.165, 1.54) is 9.88 Å². The summed E-state index contributed by atoms with van der Waals surface area (Å²) in [5, 5.41) is 7.94. The summed E-state index contributed by atoms with van der Waals surface area (Å²) < 4.78 is 0. The van der Waals surface area contributed by atoms with E-state index in [4.69, 9.17) is 4.99 Å². The maximum Gasteiger partial charge on any atom is 0.222 e. The van der Waals surface area contributed by atoms with Gasteiger partial charge in [-0.3, -0.25) is 4.79 Å². The van der Waals surface area contributed by atoms with Crippen molar-refractivity contribution in [2.45, 2.75) is 59.5 Å². The van der Waals surface area contributed by atoms with E-state index >= 15 is 0 Å². The third-order valence-corrected chi connectivity index (χ3v) is 5.11. The minimum atomic E-state index is 0.230. The van der Waals surface area contributed by atoms with Gasteiger partial charge in [-0.15, -0.1) is 11.3 Å². The number of hydrogen-bond acceptors (Lipinski definition) is 4. The number of nitrogens with zero attached hydrogens (tertiary/aromatic N) is 3. The zero-order chi connectivity index (χ0) is 18.2. The van der Waals surface area contributed by atoms with Crippen molar-refractivity contribution in [2.75, 3.05) is 19.6 Å². The van der Waals surface area contributed by atoms with E-state index in [1.807, 2.05) is 18.0 Å². The number of rotatable bonds is 7. The molecule has 0 saturated carbocycles. The van der Waals surface area contributed by atoms with Crippen LogP contribution in [0.4, 0.5) is 0 Å². The fourth-order valence-electron chi connectivity index (χ4n) is 2.86. The van der Waals surface area contributed by atoms with Gasteiger partial charge in [0, 0.05) is 49.6 Å². The first kappa shape index (κ1) is 19.7. The van der Waals surface area contributed by atoms with Gasteiger partial charge in [-0.2, -0.15) is 0 Å². The van der Waals surface area contributed by atoms with Gasteiger partial charge in [0.2, 0.25) is 5.91 Å². The summed E-state index contributed by atoms with van der Waals surface area (Å²) in [7, 11) is 0. The number of likely N-dealkylation sites (tertiary alicyclic amines) is 1. The molecule has 0 aromatic carbocycles. The minimum absolute atomic E-state index is 0.230. The third kappa shape index (κ3) is 6.30. The summed E-state index contributed by atoms with van der Waals surface area (Å²) in [4.78, 5) is 24.1. The maximum atomic E-state index is 11.8. The lowest BCUT2D eigenvalue weighted by atomic mass is 10.1.